The van der Waals surface area contributed by atoms with E-state index in [9.17, 15) is 4.79 Å². The van der Waals surface area contributed by atoms with Gasteiger partial charge in [-0.1, -0.05) is 18.2 Å². The molecule has 0 unspecified atom stereocenters. The number of ether oxygens (including phenoxy) is 1. The van der Waals surface area contributed by atoms with Crippen LogP contribution >= 0.6 is 0 Å². The van der Waals surface area contributed by atoms with E-state index in [0.717, 1.165) is 11.3 Å². The van der Waals surface area contributed by atoms with Crippen LogP contribution in [0, 0.1) is 0 Å². The molecular weight excluding hydrogens is 292 g/mol. The standard InChI is InChI=1S/C17H16N4O2/c1-23-14-6-7-19-15(10-14)17(22)20-11-13-4-2-3-5-16(13)21-9-8-18-12-21/h2-10,12H,11H2,1H3,(H,20,22). The van der Waals surface area contributed by atoms with E-state index in [0.29, 0.717) is 18.0 Å². The smallest absolute Gasteiger partial charge is 0.270 e. The number of imidazole rings is 1. The number of para-hydroxylation sites is 1. The van der Waals surface area contributed by atoms with Crippen molar-refractivity contribution in [2.75, 3.05) is 7.11 Å². The number of pyridine rings is 1. The third-order valence-corrected chi connectivity index (χ3v) is 3.41. The van der Waals surface area contributed by atoms with Gasteiger partial charge >= 0.3 is 0 Å². The van der Waals surface area contributed by atoms with Gasteiger partial charge in [-0.25, -0.2) is 4.98 Å². The molecule has 6 nitrogen and oxygen atoms in total. The summed E-state index contributed by atoms with van der Waals surface area (Å²) < 4.78 is 7.01. The van der Waals surface area contributed by atoms with Gasteiger partial charge < -0.3 is 14.6 Å². The minimum Gasteiger partial charge on any atom is -0.497 e. The molecule has 0 aliphatic heterocycles. The quantitative estimate of drug-likeness (QED) is 0.784. The van der Waals surface area contributed by atoms with E-state index >= 15 is 0 Å². The van der Waals surface area contributed by atoms with Crippen LogP contribution in [-0.4, -0.2) is 27.6 Å². The van der Waals surface area contributed by atoms with Gasteiger partial charge in [-0.2, -0.15) is 0 Å². The summed E-state index contributed by atoms with van der Waals surface area (Å²) in [5.41, 5.74) is 2.29. The van der Waals surface area contributed by atoms with Gasteiger partial charge in [0.05, 0.1) is 19.1 Å². The van der Waals surface area contributed by atoms with Crippen molar-refractivity contribution < 1.29 is 9.53 Å². The molecule has 0 bridgehead atoms. The van der Waals surface area contributed by atoms with E-state index < -0.39 is 0 Å². The topological polar surface area (TPSA) is 69.0 Å². The van der Waals surface area contributed by atoms with Crippen molar-refractivity contribution in [1.29, 1.82) is 0 Å². The van der Waals surface area contributed by atoms with Crippen molar-refractivity contribution in [1.82, 2.24) is 19.9 Å². The second-order valence-corrected chi connectivity index (χ2v) is 4.86. The lowest BCUT2D eigenvalue weighted by atomic mass is 10.1. The van der Waals surface area contributed by atoms with Crippen LogP contribution < -0.4 is 10.1 Å². The summed E-state index contributed by atoms with van der Waals surface area (Å²) in [5.74, 6) is 0.355. The molecule has 0 spiro atoms. The van der Waals surface area contributed by atoms with E-state index in [1.165, 1.54) is 0 Å². The Morgan fingerprint density at radius 2 is 2.13 bits per heavy atom. The molecule has 1 N–H and O–H groups in total. The highest BCUT2D eigenvalue weighted by atomic mass is 16.5. The summed E-state index contributed by atoms with van der Waals surface area (Å²) in [6, 6.07) is 11.1. The zero-order valence-electron chi connectivity index (χ0n) is 12.6. The highest BCUT2D eigenvalue weighted by Crippen LogP contribution is 2.14. The first-order chi connectivity index (χ1) is 11.3. The van der Waals surface area contributed by atoms with Crippen LogP contribution in [-0.2, 0) is 6.54 Å². The Balaban J connectivity index is 1.75. The zero-order valence-corrected chi connectivity index (χ0v) is 12.6. The molecule has 0 saturated heterocycles. The Labute approximate surface area is 133 Å². The Kier molecular flexibility index (Phi) is 4.33. The largest absolute Gasteiger partial charge is 0.497 e. The van der Waals surface area contributed by atoms with Crippen LogP contribution in [0.15, 0.2) is 61.3 Å². The maximum Gasteiger partial charge on any atom is 0.270 e. The first-order valence-electron chi connectivity index (χ1n) is 7.12. The molecular formula is C17H16N4O2. The third kappa shape index (κ3) is 3.37. The lowest BCUT2D eigenvalue weighted by molar-refractivity contribution is 0.0945. The Bertz CT molecular complexity index is 800. The Morgan fingerprint density at radius 3 is 2.91 bits per heavy atom. The van der Waals surface area contributed by atoms with Crippen LogP contribution in [0.5, 0.6) is 5.75 Å². The molecule has 116 valence electrons. The van der Waals surface area contributed by atoms with Crippen LogP contribution in [0.3, 0.4) is 0 Å². The van der Waals surface area contributed by atoms with Gasteiger partial charge in [0, 0.05) is 31.2 Å². The number of carbonyl (C=O) groups excluding carboxylic acids is 1. The van der Waals surface area contributed by atoms with Crippen LogP contribution in [0.4, 0.5) is 0 Å². The summed E-state index contributed by atoms with van der Waals surface area (Å²) in [5, 5.41) is 2.88. The average molecular weight is 308 g/mol. The highest BCUT2D eigenvalue weighted by Gasteiger charge is 2.10. The van der Waals surface area contributed by atoms with Gasteiger partial charge in [-0.05, 0) is 17.7 Å². The molecule has 1 amide bonds. The summed E-state index contributed by atoms with van der Waals surface area (Å²) in [6.45, 7) is 0.395. The van der Waals surface area contributed by atoms with Gasteiger partial charge in [0.2, 0.25) is 0 Å². The van der Waals surface area contributed by atoms with Gasteiger partial charge in [0.15, 0.2) is 0 Å². The molecule has 3 aromatic rings. The molecule has 23 heavy (non-hydrogen) atoms. The summed E-state index contributed by atoms with van der Waals surface area (Å²) in [4.78, 5) is 20.4. The van der Waals surface area contributed by atoms with Crippen LogP contribution in [0.25, 0.3) is 5.69 Å². The fourth-order valence-electron chi connectivity index (χ4n) is 2.24. The molecule has 3 rings (SSSR count). The molecule has 0 radical (unpaired) electrons. The summed E-state index contributed by atoms with van der Waals surface area (Å²) in [6.07, 6.45) is 6.86. The normalized spacial score (nSPS) is 10.3. The molecule has 0 saturated carbocycles. The third-order valence-electron chi connectivity index (χ3n) is 3.41. The van der Waals surface area contributed by atoms with E-state index in [-0.39, 0.29) is 5.91 Å². The molecule has 2 heterocycles. The van der Waals surface area contributed by atoms with Crippen molar-refractivity contribution in [3.05, 3.63) is 72.6 Å². The number of methoxy groups -OCH3 is 1. The molecule has 0 aliphatic rings. The average Bonchev–Trinajstić information content (AvgIpc) is 3.14. The maximum absolute atomic E-state index is 12.2. The zero-order chi connectivity index (χ0) is 16.1. The molecule has 2 aromatic heterocycles. The number of aromatic nitrogens is 3. The van der Waals surface area contributed by atoms with Gasteiger partial charge in [-0.15, -0.1) is 0 Å². The van der Waals surface area contributed by atoms with Crippen molar-refractivity contribution >= 4 is 5.91 Å². The molecule has 0 atom stereocenters. The van der Waals surface area contributed by atoms with E-state index in [4.69, 9.17) is 4.74 Å². The van der Waals surface area contributed by atoms with Crippen molar-refractivity contribution in [2.24, 2.45) is 0 Å². The van der Waals surface area contributed by atoms with Crippen molar-refractivity contribution in [3.63, 3.8) is 0 Å². The summed E-state index contributed by atoms with van der Waals surface area (Å²) in [7, 11) is 1.55. The number of carbonyl (C=O) groups is 1. The lowest BCUT2D eigenvalue weighted by Gasteiger charge is -2.11. The molecule has 6 heteroatoms. The SMILES string of the molecule is COc1ccnc(C(=O)NCc2ccccc2-n2ccnc2)c1. The predicted octanol–water partition coefficient (Wildman–Crippen LogP) is 2.21. The second-order valence-electron chi connectivity index (χ2n) is 4.86. The van der Waals surface area contributed by atoms with E-state index in [2.05, 4.69) is 15.3 Å². The molecule has 1 aromatic carbocycles. The first-order valence-corrected chi connectivity index (χ1v) is 7.12. The van der Waals surface area contributed by atoms with Crippen molar-refractivity contribution in [2.45, 2.75) is 6.54 Å². The van der Waals surface area contributed by atoms with Crippen LogP contribution in [0.1, 0.15) is 16.1 Å². The minimum atomic E-state index is -0.246. The van der Waals surface area contributed by atoms with Gasteiger partial charge in [0.25, 0.3) is 5.91 Å². The monoisotopic (exact) mass is 308 g/mol. The number of rotatable bonds is 5. The van der Waals surface area contributed by atoms with Gasteiger partial charge in [0.1, 0.15) is 11.4 Å². The fourth-order valence-corrected chi connectivity index (χ4v) is 2.24. The Hall–Kier alpha value is -3.15. The highest BCUT2D eigenvalue weighted by molar-refractivity contribution is 5.92. The van der Waals surface area contributed by atoms with E-state index in [1.54, 1.807) is 38.0 Å². The predicted molar refractivity (Wildman–Crippen MR) is 85.5 cm³/mol. The first kappa shape index (κ1) is 14.8. The number of nitrogens with zero attached hydrogens (tertiary/aromatic N) is 3. The number of nitrogens with one attached hydrogen (secondary N) is 1. The number of hydrogen-bond acceptors (Lipinski definition) is 4. The Morgan fingerprint density at radius 1 is 1.26 bits per heavy atom. The lowest BCUT2D eigenvalue weighted by Crippen LogP contribution is -2.24. The number of benzene rings is 1. The van der Waals surface area contributed by atoms with Crippen molar-refractivity contribution in [3.8, 4) is 11.4 Å². The van der Waals surface area contributed by atoms with Gasteiger partial charge in [-0.3, -0.25) is 9.78 Å². The second kappa shape index (κ2) is 6.74. The number of amides is 1. The molecule has 0 fully saturated rings. The fraction of sp³-hybridized carbons (Fsp3) is 0.118. The number of hydrogen-bond donors (Lipinski definition) is 1. The van der Waals surface area contributed by atoms with E-state index in [1.807, 2.05) is 35.0 Å². The minimum absolute atomic E-state index is 0.246. The van der Waals surface area contributed by atoms with Crippen LogP contribution in [0.2, 0.25) is 0 Å². The maximum atomic E-state index is 12.2. The molecule has 0 aliphatic carbocycles. The summed E-state index contributed by atoms with van der Waals surface area (Å²) >= 11 is 0.